The Balaban J connectivity index is 1.54. The van der Waals surface area contributed by atoms with Gasteiger partial charge in [-0.15, -0.1) is 0 Å². The molecule has 3 aromatic rings. The first kappa shape index (κ1) is 25.2. The monoisotopic (exact) mass is 513 g/mol. The van der Waals surface area contributed by atoms with E-state index in [9.17, 15) is 13.2 Å². The maximum Gasteiger partial charge on any atom is 0.248 e. The van der Waals surface area contributed by atoms with Gasteiger partial charge in [0.25, 0.3) is 0 Å². The predicted octanol–water partition coefficient (Wildman–Crippen LogP) is 5.46. The van der Waals surface area contributed by atoms with Crippen molar-refractivity contribution in [2.45, 2.75) is 38.5 Å². The number of nitrogens with zero attached hydrogens (tertiary/aromatic N) is 2. The first-order chi connectivity index (χ1) is 16.7. The lowest BCUT2D eigenvalue weighted by Crippen LogP contribution is -2.44. The average molecular weight is 514 g/mol. The average Bonchev–Trinajstić information content (AvgIpc) is 3.22. The molecule has 2 heterocycles. The van der Waals surface area contributed by atoms with Gasteiger partial charge in [-0.25, -0.2) is 8.42 Å². The van der Waals surface area contributed by atoms with Crippen LogP contribution in [-0.2, 0) is 14.8 Å². The number of hydrogen-bond acceptors (Lipinski definition) is 5. The Labute approximate surface area is 210 Å². The number of halogens is 1. The van der Waals surface area contributed by atoms with E-state index < -0.39 is 15.9 Å². The third kappa shape index (κ3) is 5.50. The van der Waals surface area contributed by atoms with E-state index in [2.05, 4.69) is 10.5 Å². The Morgan fingerprint density at radius 3 is 2.63 bits per heavy atom. The Bertz CT molecular complexity index is 1360. The second kappa shape index (κ2) is 10.4. The molecule has 1 unspecified atom stereocenters. The van der Waals surface area contributed by atoms with Gasteiger partial charge >= 0.3 is 0 Å². The van der Waals surface area contributed by atoms with Crippen molar-refractivity contribution in [2.24, 2.45) is 5.92 Å². The Hall–Kier alpha value is -2.94. The topological polar surface area (TPSA) is 92.5 Å². The molecule has 1 atom stereocenters. The van der Waals surface area contributed by atoms with Crippen LogP contribution in [0.4, 0.5) is 5.69 Å². The van der Waals surface area contributed by atoms with Crippen molar-refractivity contribution in [1.29, 1.82) is 0 Å². The molecule has 184 valence electrons. The normalized spacial score (nSPS) is 17.1. The molecule has 1 N–H and O–H groups in total. The van der Waals surface area contributed by atoms with Gasteiger partial charge in [0.05, 0.1) is 5.92 Å². The van der Waals surface area contributed by atoms with Crippen molar-refractivity contribution in [3.63, 3.8) is 0 Å². The molecule has 0 spiro atoms. The molecular weight excluding hydrogens is 486 g/mol. The first-order valence-corrected chi connectivity index (χ1v) is 13.3. The van der Waals surface area contributed by atoms with Crippen LogP contribution in [0.25, 0.3) is 12.2 Å². The smallest absolute Gasteiger partial charge is 0.248 e. The van der Waals surface area contributed by atoms with E-state index in [1.54, 1.807) is 37.3 Å². The van der Waals surface area contributed by atoms with Crippen LogP contribution in [0.2, 0.25) is 5.02 Å². The highest BCUT2D eigenvalue weighted by atomic mass is 35.5. The number of rotatable bonds is 6. The van der Waals surface area contributed by atoms with Gasteiger partial charge in [0, 0.05) is 23.8 Å². The Kier molecular flexibility index (Phi) is 7.44. The SMILES string of the molecule is Cc1ccc(C=Cc2onc(C)c2S(=O)(=O)N2CCCC(C(=O)Nc3cccc(Cl)c3C)C2)cc1. The molecule has 1 aliphatic heterocycles. The molecule has 0 radical (unpaired) electrons. The zero-order valence-electron chi connectivity index (χ0n) is 19.9. The number of carbonyl (C=O) groups excluding carboxylic acids is 1. The van der Waals surface area contributed by atoms with Crippen LogP contribution in [0.3, 0.4) is 0 Å². The van der Waals surface area contributed by atoms with Crippen molar-refractivity contribution in [3.05, 3.63) is 75.6 Å². The molecule has 1 aliphatic rings. The zero-order valence-corrected chi connectivity index (χ0v) is 21.5. The molecule has 2 aromatic carbocycles. The number of anilines is 1. The lowest BCUT2D eigenvalue weighted by molar-refractivity contribution is -0.120. The van der Waals surface area contributed by atoms with E-state index in [0.29, 0.717) is 30.1 Å². The van der Waals surface area contributed by atoms with Gasteiger partial charge in [0.1, 0.15) is 5.69 Å². The van der Waals surface area contributed by atoms with Crippen molar-refractivity contribution < 1.29 is 17.7 Å². The molecule has 9 heteroatoms. The van der Waals surface area contributed by atoms with Gasteiger partial charge < -0.3 is 9.84 Å². The lowest BCUT2D eigenvalue weighted by Gasteiger charge is -2.31. The summed E-state index contributed by atoms with van der Waals surface area (Å²) < 4.78 is 33.9. The minimum absolute atomic E-state index is 0.0348. The molecule has 1 saturated heterocycles. The highest BCUT2D eigenvalue weighted by Gasteiger charge is 2.37. The maximum absolute atomic E-state index is 13.6. The number of amides is 1. The van der Waals surface area contributed by atoms with E-state index in [0.717, 1.165) is 16.7 Å². The Morgan fingerprint density at radius 1 is 1.14 bits per heavy atom. The van der Waals surface area contributed by atoms with Gasteiger partial charge in [0.2, 0.25) is 15.9 Å². The van der Waals surface area contributed by atoms with Gasteiger partial charge in [-0.05, 0) is 62.9 Å². The summed E-state index contributed by atoms with van der Waals surface area (Å²) in [7, 11) is -3.92. The summed E-state index contributed by atoms with van der Waals surface area (Å²) in [6, 6.07) is 13.1. The summed E-state index contributed by atoms with van der Waals surface area (Å²) in [6.45, 7) is 5.85. The van der Waals surface area contributed by atoms with Gasteiger partial charge in [-0.2, -0.15) is 4.31 Å². The number of hydrogen-bond donors (Lipinski definition) is 1. The van der Waals surface area contributed by atoms with Crippen LogP contribution >= 0.6 is 11.6 Å². The molecule has 1 amide bonds. The number of aryl methyl sites for hydroxylation is 2. The van der Waals surface area contributed by atoms with Crippen LogP contribution in [0.1, 0.15) is 41.0 Å². The second-order valence-electron chi connectivity index (χ2n) is 8.81. The number of nitrogens with one attached hydrogen (secondary N) is 1. The summed E-state index contributed by atoms with van der Waals surface area (Å²) in [5.41, 5.74) is 3.73. The Morgan fingerprint density at radius 2 is 1.89 bits per heavy atom. The van der Waals surface area contributed by atoms with Gasteiger partial charge in [0.15, 0.2) is 10.7 Å². The lowest BCUT2D eigenvalue weighted by atomic mass is 9.98. The summed E-state index contributed by atoms with van der Waals surface area (Å²) in [5, 5.41) is 7.37. The summed E-state index contributed by atoms with van der Waals surface area (Å²) in [6.07, 6.45) is 4.58. The molecule has 0 aliphatic carbocycles. The van der Waals surface area contributed by atoms with E-state index in [-0.39, 0.29) is 28.8 Å². The molecule has 4 rings (SSSR count). The fourth-order valence-corrected chi connectivity index (χ4v) is 6.08. The van der Waals surface area contributed by atoms with Gasteiger partial charge in [-0.1, -0.05) is 58.7 Å². The number of sulfonamides is 1. The van der Waals surface area contributed by atoms with Crippen LogP contribution in [0, 0.1) is 26.7 Å². The quantitative estimate of drug-likeness (QED) is 0.472. The summed E-state index contributed by atoms with van der Waals surface area (Å²) in [5.74, 6) is -0.537. The van der Waals surface area contributed by atoms with Crippen molar-refractivity contribution in [1.82, 2.24) is 9.46 Å². The van der Waals surface area contributed by atoms with Crippen molar-refractivity contribution in [2.75, 3.05) is 18.4 Å². The molecular formula is C26H28ClN3O4S. The van der Waals surface area contributed by atoms with Crippen LogP contribution < -0.4 is 5.32 Å². The van der Waals surface area contributed by atoms with Crippen molar-refractivity contribution >= 4 is 45.4 Å². The maximum atomic E-state index is 13.6. The number of piperidine rings is 1. The van der Waals surface area contributed by atoms with E-state index in [1.807, 2.05) is 38.1 Å². The minimum Gasteiger partial charge on any atom is -0.355 e. The van der Waals surface area contributed by atoms with Gasteiger partial charge in [-0.3, -0.25) is 4.79 Å². The third-order valence-electron chi connectivity index (χ3n) is 6.22. The van der Waals surface area contributed by atoms with Crippen LogP contribution in [0.15, 0.2) is 51.9 Å². The van der Waals surface area contributed by atoms with Crippen LogP contribution in [-0.4, -0.2) is 36.9 Å². The van der Waals surface area contributed by atoms with Crippen molar-refractivity contribution in [3.8, 4) is 0 Å². The molecule has 1 aromatic heterocycles. The predicted molar refractivity (Wildman–Crippen MR) is 138 cm³/mol. The summed E-state index contributed by atoms with van der Waals surface area (Å²) >= 11 is 6.17. The summed E-state index contributed by atoms with van der Waals surface area (Å²) in [4.78, 5) is 13.0. The zero-order chi connectivity index (χ0) is 25.2. The van der Waals surface area contributed by atoms with E-state index in [1.165, 1.54) is 4.31 Å². The standard InChI is InChI=1S/C26H28ClN3O4S/c1-17-9-11-20(12-10-17)13-14-24-25(19(3)29-34-24)35(32,33)30-15-5-6-21(16-30)26(31)28-23-8-4-7-22(27)18(23)2/h4,7-14,21H,5-6,15-16H2,1-3H3,(H,28,31). The third-order valence-corrected chi connectivity index (χ3v) is 8.65. The van der Waals surface area contributed by atoms with E-state index >= 15 is 0 Å². The molecule has 1 fully saturated rings. The number of carbonyl (C=O) groups is 1. The van der Waals surface area contributed by atoms with Crippen LogP contribution in [0.5, 0.6) is 0 Å². The molecule has 0 saturated carbocycles. The molecule has 0 bridgehead atoms. The van der Waals surface area contributed by atoms with E-state index in [4.69, 9.17) is 16.1 Å². The number of aromatic nitrogens is 1. The minimum atomic E-state index is -3.92. The largest absolute Gasteiger partial charge is 0.355 e. The molecule has 7 nitrogen and oxygen atoms in total. The number of benzene rings is 2. The fraction of sp³-hybridized carbons (Fsp3) is 0.308. The highest BCUT2D eigenvalue weighted by molar-refractivity contribution is 7.89. The highest BCUT2D eigenvalue weighted by Crippen LogP contribution is 2.30. The molecule has 35 heavy (non-hydrogen) atoms. The second-order valence-corrected chi connectivity index (χ2v) is 11.1. The fourth-order valence-electron chi connectivity index (χ4n) is 4.13. The first-order valence-electron chi connectivity index (χ1n) is 11.4.